The molecule has 0 aliphatic heterocycles. The third-order valence-electron chi connectivity index (χ3n) is 5.97. The van der Waals surface area contributed by atoms with Crippen LogP contribution < -0.4 is 5.32 Å². The smallest absolute Gasteiger partial charge is 0.306 e. The molecule has 1 fully saturated rings. The van der Waals surface area contributed by atoms with Gasteiger partial charge in [0.05, 0.1) is 5.92 Å². The van der Waals surface area contributed by atoms with E-state index in [1.54, 1.807) is 6.92 Å². The van der Waals surface area contributed by atoms with Crippen LogP contribution in [-0.2, 0) is 27.8 Å². The highest BCUT2D eigenvalue weighted by Crippen LogP contribution is 2.61. The van der Waals surface area contributed by atoms with Gasteiger partial charge in [0, 0.05) is 17.0 Å². The van der Waals surface area contributed by atoms with Crippen LogP contribution in [-0.4, -0.2) is 17.0 Å². The number of hydrogen-bond donors (Lipinski definition) is 2. The maximum absolute atomic E-state index is 12.7. The van der Waals surface area contributed by atoms with Crippen molar-refractivity contribution in [2.24, 2.45) is 11.8 Å². The molecule has 4 nitrogen and oxygen atoms in total. The number of amides is 1. The predicted molar refractivity (Wildman–Crippen MR) is 100 cm³/mol. The Balaban J connectivity index is 1.40. The zero-order valence-electron chi connectivity index (χ0n) is 14.9. The second-order valence-electron chi connectivity index (χ2n) is 7.70. The molecule has 2 N–H and O–H groups in total. The van der Waals surface area contributed by atoms with Gasteiger partial charge in [-0.2, -0.15) is 0 Å². The Bertz CT molecular complexity index is 858. The van der Waals surface area contributed by atoms with Gasteiger partial charge < -0.3 is 10.4 Å². The quantitative estimate of drug-likeness (QED) is 0.863. The van der Waals surface area contributed by atoms with Crippen molar-refractivity contribution in [1.29, 1.82) is 0 Å². The molecule has 2 aromatic rings. The molecule has 0 heterocycles. The Morgan fingerprint density at radius 1 is 1.19 bits per heavy atom. The molecule has 0 radical (unpaired) electrons. The Morgan fingerprint density at radius 2 is 1.92 bits per heavy atom. The van der Waals surface area contributed by atoms with E-state index in [4.69, 9.17) is 5.11 Å². The average molecular weight is 349 g/mol. The SMILES string of the molecule is CC(Cc1ccc(NC(=O)C2CC23CCc2ccccc23)cc1)C(=O)O. The Hall–Kier alpha value is -2.62. The fraction of sp³-hybridized carbons (Fsp3) is 0.364. The first-order valence-electron chi connectivity index (χ1n) is 9.20. The van der Waals surface area contributed by atoms with Gasteiger partial charge in [0.25, 0.3) is 0 Å². The lowest BCUT2D eigenvalue weighted by molar-refractivity contribution is -0.141. The number of fused-ring (bicyclic) bond motifs is 2. The number of hydrogen-bond acceptors (Lipinski definition) is 2. The van der Waals surface area contributed by atoms with E-state index in [0.29, 0.717) is 6.42 Å². The number of carboxylic acid groups (broad SMARTS) is 1. The van der Waals surface area contributed by atoms with Crippen LogP contribution >= 0.6 is 0 Å². The molecule has 3 atom stereocenters. The fourth-order valence-corrected chi connectivity index (χ4v) is 4.33. The lowest BCUT2D eigenvalue weighted by Gasteiger charge is -2.12. The lowest BCUT2D eigenvalue weighted by atomic mass is 9.95. The van der Waals surface area contributed by atoms with Crippen LogP contribution in [0.25, 0.3) is 0 Å². The zero-order valence-corrected chi connectivity index (χ0v) is 14.9. The molecule has 26 heavy (non-hydrogen) atoms. The van der Waals surface area contributed by atoms with E-state index in [9.17, 15) is 9.59 Å². The van der Waals surface area contributed by atoms with Crippen molar-refractivity contribution in [1.82, 2.24) is 0 Å². The van der Waals surface area contributed by atoms with Crippen LogP contribution in [0.2, 0.25) is 0 Å². The number of carbonyl (C=O) groups excluding carboxylic acids is 1. The first kappa shape index (κ1) is 16.8. The molecular formula is C22H23NO3. The van der Waals surface area contributed by atoms with Crippen LogP contribution in [0.4, 0.5) is 5.69 Å². The van der Waals surface area contributed by atoms with E-state index in [2.05, 4.69) is 29.6 Å². The second-order valence-corrected chi connectivity index (χ2v) is 7.70. The molecule has 0 saturated heterocycles. The highest BCUT2D eigenvalue weighted by Gasteiger charge is 2.61. The van der Waals surface area contributed by atoms with E-state index in [-0.39, 0.29) is 17.2 Å². The van der Waals surface area contributed by atoms with Crippen LogP contribution in [0.15, 0.2) is 48.5 Å². The summed E-state index contributed by atoms with van der Waals surface area (Å²) in [6.45, 7) is 1.70. The topological polar surface area (TPSA) is 66.4 Å². The molecular weight excluding hydrogens is 326 g/mol. The average Bonchev–Trinajstić information content (AvgIpc) is 3.26. The standard InChI is InChI=1S/C22H23NO3/c1-14(21(25)26)12-15-6-8-17(9-7-15)23-20(24)19-13-22(19)11-10-16-4-2-3-5-18(16)22/h2-9,14,19H,10-13H2,1H3,(H,23,24)(H,25,26). The third-order valence-corrected chi connectivity index (χ3v) is 5.97. The summed E-state index contributed by atoms with van der Waals surface area (Å²) in [5.41, 5.74) is 4.54. The van der Waals surface area contributed by atoms with Crippen molar-refractivity contribution in [2.75, 3.05) is 5.32 Å². The fourth-order valence-electron chi connectivity index (χ4n) is 4.33. The minimum Gasteiger partial charge on any atom is -0.481 e. The van der Waals surface area contributed by atoms with Crippen LogP contribution in [0.1, 0.15) is 36.5 Å². The molecule has 4 heteroatoms. The maximum atomic E-state index is 12.7. The van der Waals surface area contributed by atoms with Crippen molar-refractivity contribution in [2.45, 2.75) is 38.0 Å². The van der Waals surface area contributed by atoms with Gasteiger partial charge in [-0.1, -0.05) is 43.3 Å². The number of nitrogens with one attached hydrogen (secondary N) is 1. The van der Waals surface area contributed by atoms with Gasteiger partial charge in [-0.25, -0.2) is 0 Å². The van der Waals surface area contributed by atoms with Gasteiger partial charge in [0.1, 0.15) is 0 Å². The molecule has 1 amide bonds. The van der Waals surface area contributed by atoms with Crippen molar-refractivity contribution in [3.63, 3.8) is 0 Å². The molecule has 2 aliphatic rings. The van der Waals surface area contributed by atoms with Crippen LogP contribution in [0, 0.1) is 11.8 Å². The minimum atomic E-state index is -0.793. The Kier molecular flexibility index (Phi) is 4.06. The Labute approximate surface area is 153 Å². The summed E-state index contributed by atoms with van der Waals surface area (Å²) in [7, 11) is 0. The summed E-state index contributed by atoms with van der Waals surface area (Å²) in [5, 5.41) is 12.0. The molecule has 1 saturated carbocycles. The molecule has 134 valence electrons. The summed E-state index contributed by atoms with van der Waals surface area (Å²) >= 11 is 0. The van der Waals surface area contributed by atoms with Gasteiger partial charge in [0.2, 0.25) is 5.91 Å². The van der Waals surface area contributed by atoms with E-state index < -0.39 is 11.9 Å². The monoisotopic (exact) mass is 349 g/mol. The second kappa shape index (κ2) is 6.27. The van der Waals surface area contributed by atoms with E-state index >= 15 is 0 Å². The number of aliphatic carboxylic acids is 1. The van der Waals surface area contributed by atoms with Gasteiger partial charge in [0.15, 0.2) is 0 Å². The molecule has 0 aromatic heterocycles. The molecule has 2 aliphatic carbocycles. The summed E-state index contributed by atoms with van der Waals surface area (Å²) < 4.78 is 0. The normalized spacial score (nSPS) is 24.1. The number of rotatable bonds is 5. The predicted octanol–water partition coefficient (Wildman–Crippen LogP) is 3.79. The highest BCUT2D eigenvalue weighted by atomic mass is 16.4. The molecule has 0 bridgehead atoms. The van der Waals surface area contributed by atoms with Gasteiger partial charge in [-0.15, -0.1) is 0 Å². The van der Waals surface area contributed by atoms with Crippen molar-refractivity contribution >= 4 is 17.6 Å². The molecule has 3 unspecified atom stereocenters. The third kappa shape index (κ3) is 2.90. The van der Waals surface area contributed by atoms with Crippen molar-refractivity contribution in [3.8, 4) is 0 Å². The lowest BCUT2D eigenvalue weighted by Crippen LogP contribution is -2.19. The molecule has 4 rings (SSSR count). The van der Waals surface area contributed by atoms with E-state index in [1.807, 2.05) is 24.3 Å². The molecule has 2 aromatic carbocycles. The largest absolute Gasteiger partial charge is 0.481 e. The first-order valence-corrected chi connectivity index (χ1v) is 9.20. The first-order chi connectivity index (χ1) is 12.5. The maximum Gasteiger partial charge on any atom is 0.306 e. The summed E-state index contributed by atoms with van der Waals surface area (Å²) in [5.74, 6) is -1.06. The molecule has 1 spiro atoms. The number of benzene rings is 2. The van der Waals surface area contributed by atoms with Gasteiger partial charge in [-0.3, -0.25) is 9.59 Å². The van der Waals surface area contributed by atoms with E-state index in [0.717, 1.165) is 30.5 Å². The Morgan fingerprint density at radius 3 is 2.65 bits per heavy atom. The summed E-state index contributed by atoms with van der Waals surface area (Å²) in [6, 6.07) is 16.0. The number of carboxylic acids is 1. The summed E-state index contributed by atoms with van der Waals surface area (Å²) in [4.78, 5) is 23.7. The minimum absolute atomic E-state index is 0.0531. The number of anilines is 1. The van der Waals surface area contributed by atoms with Crippen LogP contribution in [0.5, 0.6) is 0 Å². The van der Waals surface area contributed by atoms with Crippen molar-refractivity contribution in [3.05, 3.63) is 65.2 Å². The van der Waals surface area contributed by atoms with Crippen LogP contribution in [0.3, 0.4) is 0 Å². The van der Waals surface area contributed by atoms with Gasteiger partial charge >= 0.3 is 5.97 Å². The van der Waals surface area contributed by atoms with Crippen molar-refractivity contribution < 1.29 is 14.7 Å². The number of aryl methyl sites for hydroxylation is 1. The number of carbonyl (C=O) groups is 2. The van der Waals surface area contributed by atoms with Gasteiger partial charge in [-0.05, 0) is 54.5 Å². The zero-order chi connectivity index (χ0) is 18.3. The van der Waals surface area contributed by atoms with E-state index in [1.165, 1.54) is 11.1 Å². The summed E-state index contributed by atoms with van der Waals surface area (Å²) in [6.07, 6.45) is 3.56. The highest BCUT2D eigenvalue weighted by molar-refractivity contribution is 5.96.